The molecule has 0 atom stereocenters. The number of nitrogens with zero attached hydrogens (tertiary/aromatic N) is 4. The number of rotatable bonds is 7. The number of aromatic nitrogens is 2. The van der Waals surface area contributed by atoms with Gasteiger partial charge in [0.05, 0.1) is 18.2 Å². The number of ether oxygens (including phenoxy) is 1. The van der Waals surface area contributed by atoms with E-state index in [0.717, 1.165) is 32.7 Å². The van der Waals surface area contributed by atoms with Crippen molar-refractivity contribution < 1.29 is 24.2 Å². The van der Waals surface area contributed by atoms with E-state index in [2.05, 4.69) is 26.6 Å². The number of esters is 1. The zero-order chi connectivity index (χ0) is 21.8. The third-order valence-electron chi connectivity index (χ3n) is 5.30. The maximum atomic E-state index is 11.9. The summed E-state index contributed by atoms with van der Waals surface area (Å²) in [6.45, 7) is 6.65. The van der Waals surface area contributed by atoms with Crippen molar-refractivity contribution in [2.75, 3.05) is 46.9 Å². The molecule has 30 heavy (non-hydrogen) atoms. The van der Waals surface area contributed by atoms with Crippen LogP contribution in [0.4, 0.5) is 0 Å². The van der Waals surface area contributed by atoms with E-state index in [1.165, 1.54) is 32.2 Å². The molecule has 1 N–H and O–H groups in total. The van der Waals surface area contributed by atoms with Crippen LogP contribution in [0.1, 0.15) is 38.1 Å². The highest BCUT2D eigenvalue weighted by Gasteiger charge is 2.22. The van der Waals surface area contributed by atoms with Crippen LogP contribution in [-0.4, -0.2) is 89.1 Å². The van der Waals surface area contributed by atoms with Gasteiger partial charge in [0.2, 0.25) is 0 Å². The Balaban J connectivity index is 1.95. The third kappa shape index (κ3) is 4.74. The summed E-state index contributed by atoms with van der Waals surface area (Å²) >= 11 is 0. The number of Topliss-reactive ketones (excluding diaryl/α,β-unsaturated/α-hetero) is 1. The van der Waals surface area contributed by atoms with Gasteiger partial charge in [0.25, 0.3) is 0 Å². The van der Waals surface area contributed by atoms with Gasteiger partial charge in [-0.25, -0.2) is 14.6 Å². The van der Waals surface area contributed by atoms with Crippen molar-refractivity contribution in [1.29, 1.82) is 0 Å². The predicted octanol–water partition coefficient (Wildman–Crippen LogP) is 1.48. The fourth-order valence-corrected chi connectivity index (χ4v) is 3.45. The number of benzene rings is 1. The van der Waals surface area contributed by atoms with Gasteiger partial charge in [-0.15, -0.1) is 0 Å². The number of piperazine rings is 1. The fraction of sp³-hybridized carbons (Fsp3) is 0.429. The summed E-state index contributed by atoms with van der Waals surface area (Å²) in [6.07, 6.45) is 1.66. The number of ketones is 1. The Kier molecular flexibility index (Phi) is 6.63. The van der Waals surface area contributed by atoms with Crippen molar-refractivity contribution in [1.82, 2.24) is 19.4 Å². The van der Waals surface area contributed by atoms with E-state index in [-0.39, 0.29) is 22.6 Å². The number of hydrogen-bond donors (Lipinski definition) is 1. The zero-order valence-corrected chi connectivity index (χ0v) is 17.4. The lowest BCUT2D eigenvalue weighted by atomic mass is 10.0. The molecule has 9 heteroatoms. The molecule has 160 valence electrons. The molecule has 0 spiro atoms. The van der Waals surface area contributed by atoms with E-state index in [9.17, 15) is 19.5 Å². The van der Waals surface area contributed by atoms with Gasteiger partial charge in [0.1, 0.15) is 11.5 Å². The highest BCUT2D eigenvalue weighted by Crippen LogP contribution is 2.26. The molecule has 1 fully saturated rings. The van der Waals surface area contributed by atoms with E-state index in [0.29, 0.717) is 17.9 Å². The number of carboxylic acids is 1. The normalized spacial score (nSPS) is 15.2. The summed E-state index contributed by atoms with van der Waals surface area (Å²) in [5.41, 5.74) is 0.693. The molecule has 1 aliphatic heterocycles. The molecule has 1 aromatic carbocycles. The van der Waals surface area contributed by atoms with Crippen LogP contribution in [0.3, 0.4) is 0 Å². The van der Waals surface area contributed by atoms with Crippen LogP contribution in [0.25, 0.3) is 11.4 Å². The Hall–Kier alpha value is -3.04. The molecule has 0 bridgehead atoms. The van der Waals surface area contributed by atoms with Gasteiger partial charge in [-0.3, -0.25) is 9.69 Å². The van der Waals surface area contributed by atoms with Crippen LogP contribution in [-0.2, 0) is 11.3 Å². The highest BCUT2D eigenvalue weighted by atomic mass is 16.5. The summed E-state index contributed by atoms with van der Waals surface area (Å²) in [6, 6.07) is 4.31. The number of carboxylic acid groups (broad SMARTS) is 1. The first kappa shape index (κ1) is 21.7. The minimum absolute atomic E-state index is 0.0700. The third-order valence-corrected chi connectivity index (χ3v) is 5.30. The number of hydrogen-bond acceptors (Lipinski definition) is 7. The Bertz CT molecular complexity index is 960. The molecule has 1 aromatic heterocycles. The summed E-state index contributed by atoms with van der Waals surface area (Å²) < 4.78 is 6.50. The van der Waals surface area contributed by atoms with Crippen LogP contribution in [0.5, 0.6) is 0 Å². The number of aromatic carboxylic acids is 1. The van der Waals surface area contributed by atoms with Crippen molar-refractivity contribution in [3.05, 3.63) is 41.2 Å². The van der Waals surface area contributed by atoms with E-state index < -0.39 is 11.9 Å². The van der Waals surface area contributed by atoms with Crippen molar-refractivity contribution >= 4 is 17.7 Å². The molecule has 0 amide bonds. The molecule has 3 rings (SSSR count). The van der Waals surface area contributed by atoms with Gasteiger partial charge < -0.3 is 19.3 Å². The summed E-state index contributed by atoms with van der Waals surface area (Å²) in [4.78, 5) is 44.6. The second-order valence-corrected chi connectivity index (χ2v) is 7.40. The van der Waals surface area contributed by atoms with Gasteiger partial charge in [-0.1, -0.05) is 0 Å². The average Bonchev–Trinajstić information content (AvgIpc) is 3.16. The van der Waals surface area contributed by atoms with Crippen molar-refractivity contribution in [3.8, 4) is 11.4 Å². The fourth-order valence-electron chi connectivity index (χ4n) is 3.45. The molecule has 0 radical (unpaired) electrons. The molecular weight excluding hydrogens is 388 g/mol. The first-order valence-corrected chi connectivity index (χ1v) is 9.75. The minimum atomic E-state index is -1.19. The molecule has 0 unspecified atom stereocenters. The van der Waals surface area contributed by atoms with Crippen molar-refractivity contribution in [3.63, 3.8) is 0 Å². The van der Waals surface area contributed by atoms with Crippen LogP contribution in [0.15, 0.2) is 24.4 Å². The largest absolute Gasteiger partial charge is 0.478 e. The topological polar surface area (TPSA) is 105 Å². The number of carbonyl (C=O) groups excluding carboxylic acids is 2. The summed E-state index contributed by atoms with van der Waals surface area (Å²) in [5.74, 6) is -1.61. The van der Waals surface area contributed by atoms with Crippen LogP contribution in [0, 0.1) is 0 Å². The summed E-state index contributed by atoms with van der Waals surface area (Å²) in [5, 5.41) is 9.70. The summed E-state index contributed by atoms with van der Waals surface area (Å²) in [7, 11) is 3.33. The number of methoxy groups -OCH3 is 1. The molecule has 1 aliphatic rings. The predicted molar refractivity (Wildman–Crippen MR) is 110 cm³/mol. The second kappa shape index (κ2) is 9.19. The van der Waals surface area contributed by atoms with Crippen molar-refractivity contribution in [2.24, 2.45) is 0 Å². The molecular formula is C21H26N4O5. The van der Waals surface area contributed by atoms with Gasteiger partial charge in [0, 0.05) is 58.0 Å². The lowest BCUT2D eigenvalue weighted by molar-refractivity contribution is 0.0600. The Morgan fingerprint density at radius 2 is 1.83 bits per heavy atom. The lowest BCUT2D eigenvalue weighted by Crippen LogP contribution is -2.45. The van der Waals surface area contributed by atoms with Crippen LogP contribution < -0.4 is 0 Å². The molecule has 1 saturated heterocycles. The monoisotopic (exact) mass is 414 g/mol. The molecule has 0 saturated carbocycles. The second-order valence-electron chi connectivity index (χ2n) is 7.40. The zero-order valence-electron chi connectivity index (χ0n) is 17.4. The first-order chi connectivity index (χ1) is 14.3. The van der Waals surface area contributed by atoms with E-state index >= 15 is 0 Å². The molecule has 2 heterocycles. The van der Waals surface area contributed by atoms with Crippen LogP contribution in [0.2, 0.25) is 0 Å². The minimum Gasteiger partial charge on any atom is -0.478 e. The van der Waals surface area contributed by atoms with Crippen molar-refractivity contribution in [2.45, 2.75) is 13.5 Å². The standard InChI is InChI=1S/C21H26N4O5/c1-14(26)18-13-25(11-10-24-8-6-23(2)7-9-24)19(22-18)16-5-4-15(21(29)30-3)12-17(16)20(27)28/h4-5,12-13H,6-11H2,1-3H3,(H,27,28). The Morgan fingerprint density at radius 1 is 1.13 bits per heavy atom. The lowest BCUT2D eigenvalue weighted by Gasteiger charge is -2.32. The quantitative estimate of drug-likeness (QED) is 0.537. The van der Waals surface area contributed by atoms with Gasteiger partial charge in [-0.05, 0) is 25.2 Å². The van der Waals surface area contributed by atoms with E-state index in [1.807, 2.05) is 4.57 Å². The highest BCUT2D eigenvalue weighted by molar-refractivity contribution is 6.00. The Morgan fingerprint density at radius 3 is 2.43 bits per heavy atom. The van der Waals surface area contributed by atoms with Gasteiger partial charge >= 0.3 is 11.9 Å². The molecule has 9 nitrogen and oxygen atoms in total. The molecule has 0 aliphatic carbocycles. The maximum Gasteiger partial charge on any atom is 0.337 e. The average molecular weight is 414 g/mol. The Labute approximate surface area is 174 Å². The maximum absolute atomic E-state index is 11.9. The van der Waals surface area contributed by atoms with E-state index in [1.54, 1.807) is 6.20 Å². The van der Waals surface area contributed by atoms with Gasteiger partial charge in [-0.2, -0.15) is 0 Å². The number of imidazole rings is 1. The number of likely N-dealkylation sites (N-methyl/N-ethyl adjacent to an activating group) is 1. The van der Waals surface area contributed by atoms with E-state index in [4.69, 9.17) is 0 Å². The van der Waals surface area contributed by atoms with Gasteiger partial charge in [0.15, 0.2) is 5.78 Å². The first-order valence-electron chi connectivity index (χ1n) is 9.75. The smallest absolute Gasteiger partial charge is 0.337 e. The molecule has 2 aromatic rings. The number of carbonyl (C=O) groups is 3. The van der Waals surface area contributed by atoms with Crippen LogP contribution >= 0.6 is 0 Å². The SMILES string of the molecule is COC(=O)c1ccc(-c2nc(C(C)=O)cn2CCN2CCN(C)CC2)c(C(=O)O)c1.